The molecule has 2 atom stereocenters. The van der Waals surface area contributed by atoms with Crippen LogP contribution in [-0.2, 0) is 0 Å². The van der Waals surface area contributed by atoms with Crippen LogP contribution >= 0.6 is 0 Å². The first-order valence-electron chi connectivity index (χ1n) is 6.36. The minimum atomic E-state index is -4.07. The van der Waals surface area contributed by atoms with E-state index >= 15 is 0 Å². The minimum absolute atomic E-state index is 0.0741. The fraction of sp³-hybridized carbons (Fsp3) is 1.00. The smallest absolute Gasteiger partial charge is 0.316 e. The van der Waals surface area contributed by atoms with Gasteiger partial charge in [0, 0.05) is 25.2 Å². The van der Waals surface area contributed by atoms with Gasteiger partial charge >= 0.3 is 6.18 Å². The van der Waals surface area contributed by atoms with E-state index in [9.17, 15) is 13.2 Å². The molecule has 0 aromatic carbocycles. The van der Waals surface area contributed by atoms with Crippen LogP contribution < -0.4 is 10.6 Å². The van der Waals surface area contributed by atoms with Crippen molar-refractivity contribution in [2.45, 2.75) is 51.4 Å². The summed E-state index contributed by atoms with van der Waals surface area (Å²) >= 11 is 0. The van der Waals surface area contributed by atoms with Gasteiger partial charge in [0.2, 0.25) is 0 Å². The molecule has 2 aliphatic rings. The first-order chi connectivity index (χ1) is 7.82. The second kappa shape index (κ2) is 4.43. The lowest BCUT2D eigenvalue weighted by molar-refractivity contribution is -0.203. The van der Waals surface area contributed by atoms with Crippen molar-refractivity contribution in [2.75, 3.05) is 13.1 Å². The van der Waals surface area contributed by atoms with E-state index in [-0.39, 0.29) is 17.9 Å². The Hall–Kier alpha value is -0.290. The molecule has 0 bridgehead atoms. The predicted molar refractivity (Wildman–Crippen MR) is 60.8 cm³/mol. The molecule has 2 N–H and O–H groups in total. The van der Waals surface area contributed by atoms with Gasteiger partial charge in [-0.25, -0.2) is 0 Å². The molecule has 17 heavy (non-hydrogen) atoms. The summed E-state index contributed by atoms with van der Waals surface area (Å²) < 4.78 is 39.3. The first kappa shape index (κ1) is 13.1. The molecule has 1 spiro atoms. The van der Waals surface area contributed by atoms with Gasteiger partial charge in [-0.15, -0.1) is 0 Å². The molecule has 0 amide bonds. The van der Waals surface area contributed by atoms with Gasteiger partial charge in [-0.2, -0.15) is 13.2 Å². The van der Waals surface area contributed by atoms with Crippen molar-refractivity contribution in [1.82, 2.24) is 10.6 Å². The van der Waals surface area contributed by atoms with Gasteiger partial charge in [0.15, 0.2) is 0 Å². The maximum absolute atomic E-state index is 13.1. The summed E-state index contributed by atoms with van der Waals surface area (Å²) in [6.45, 7) is 5.33. The SMILES string of the molecule is CC(C)NC1CCC2(CNC2)CC1C(F)(F)F. The van der Waals surface area contributed by atoms with E-state index < -0.39 is 18.1 Å². The minimum Gasteiger partial charge on any atom is -0.316 e. The quantitative estimate of drug-likeness (QED) is 0.786. The summed E-state index contributed by atoms with van der Waals surface area (Å²) in [4.78, 5) is 0. The summed E-state index contributed by atoms with van der Waals surface area (Å²) in [5.74, 6) is -1.18. The topological polar surface area (TPSA) is 24.1 Å². The van der Waals surface area contributed by atoms with Crippen LogP contribution in [0.4, 0.5) is 13.2 Å². The molecule has 2 nitrogen and oxygen atoms in total. The summed E-state index contributed by atoms with van der Waals surface area (Å²) in [7, 11) is 0. The number of hydrogen-bond donors (Lipinski definition) is 2. The summed E-state index contributed by atoms with van der Waals surface area (Å²) in [6, 6.07) is -0.292. The summed E-state index contributed by atoms with van der Waals surface area (Å²) in [5.41, 5.74) is -0.0741. The number of alkyl halides is 3. The maximum Gasteiger partial charge on any atom is 0.393 e. The Labute approximate surface area is 100 Å². The lowest BCUT2D eigenvalue weighted by atomic mass is 9.64. The number of hydrogen-bond acceptors (Lipinski definition) is 2. The molecule has 1 aliphatic heterocycles. The Morgan fingerprint density at radius 3 is 2.35 bits per heavy atom. The van der Waals surface area contributed by atoms with E-state index in [1.807, 2.05) is 13.8 Å². The highest BCUT2D eigenvalue weighted by atomic mass is 19.4. The van der Waals surface area contributed by atoms with E-state index in [4.69, 9.17) is 0 Å². The normalized spacial score (nSPS) is 32.8. The molecule has 1 aliphatic carbocycles. The standard InChI is InChI=1S/C12H21F3N2/c1-8(2)17-10-3-4-11(6-16-7-11)5-9(10)12(13,14)15/h8-10,16-17H,3-7H2,1-2H3. The van der Waals surface area contributed by atoms with Crippen LogP contribution in [0.1, 0.15) is 33.1 Å². The molecule has 1 saturated carbocycles. The lowest BCUT2D eigenvalue weighted by Gasteiger charge is -2.51. The third kappa shape index (κ3) is 2.76. The van der Waals surface area contributed by atoms with Gasteiger partial charge in [-0.3, -0.25) is 0 Å². The molecule has 0 aromatic heterocycles. The monoisotopic (exact) mass is 250 g/mol. The van der Waals surface area contributed by atoms with E-state index in [0.717, 1.165) is 19.5 Å². The van der Waals surface area contributed by atoms with Gasteiger partial charge in [0.1, 0.15) is 0 Å². The molecular formula is C12H21F3N2. The van der Waals surface area contributed by atoms with Crippen LogP contribution in [0.25, 0.3) is 0 Å². The zero-order valence-electron chi connectivity index (χ0n) is 10.4. The molecule has 0 aromatic rings. The van der Waals surface area contributed by atoms with Crippen molar-refractivity contribution in [3.05, 3.63) is 0 Å². The average Bonchev–Trinajstić information content (AvgIpc) is 2.13. The molecule has 2 fully saturated rings. The van der Waals surface area contributed by atoms with Crippen LogP contribution in [0.2, 0.25) is 0 Å². The van der Waals surface area contributed by atoms with Gasteiger partial charge in [0.05, 0.1) is 5.92 Å². The molecule has 1 heterocycles. The number of halogens is 3. The van der Waals surface area contributed by atoms with Crippen LogP contribution in [0, 0.1) is 11.3 Å². The van der Waals surface area contributed by atoms with Crippen molar-refractivity contribution < 1.29 is 13.2 Å². The Kier molecular flexibility index (Phi) is 3.42. The Morgan fingerprint density at radius 1 is 1.29 bits per heavy atom. The fourth-order valence-corrected chi connectivity index (χ4v) is 3.14. The van der Waals surface area contributed by atoms with E-state index in [1.165, 1.54) is 0 Å². The highest BCUT2D eigenvalue weighted by molar-refractivity contribution is 5.02. The van der Waals surface area contributed by atoms with Crippen LogP contribution in [0.3, 0.4) is 0 Å². The zero-order valence-corrected chi connectivity index (χ0v) is 10.4. The predicted octanol–water partition coefficient (Wildman–Crippen LogP) is 2.30. The van der Waals surface area contributed by atoms with E-state index in [2.05, 4.69) is 10.6 Å². The average molecular weight is 250 g/mol. The zero-order chi connectivity index (χ0) is 12.7. The Bertz CT molecular complexity index is 271. The second-order valence-corrected chi connectivity index (χ2v) is 5.92. The number of nitrogens with one attached hydrogen (secondary N) is 2. The van der Waals surface area contributed by atoms with Crippen molar-refractivity contribution in [2.24, 2.45) is 11.3 Å². The van der Waals surface area contributed by atoms with Crippen molar-refractivity contribution in [3.8, 4) is 0 Å². The first-order valence-corrected chi connectivity index (χ1v) is 6.36. The van der Waals surface area contributed by atoms with Crippen LogP contribution in [0.15, 0.2) is 0 Å². The van der Waals surface area contributed by atoms with Gasteiger partial charge in [0.25, 0.3) is 0 Å². The molecular weight excluding hydrogens is 229 g/mol. The maximum atomic E-state index is 13.1. The molecule has 2 rings (SSSR count). The third-order valence-corrected chi connectivity index (χ3v) is 4.09. The van der Waals surface area contributed by atoms with Gasteiger partial charge in [-0.1, -0.05) is 13.8 Å². The lowest BCUT2D eigenvalue weighted by Crippen LogP contribution is -2.61. The van der Waals surface area contributed by atoms with Gasteiger partial charge < -0.3 is 10.6 Å². The Balaban J connectivity index is 2.07. The summed E-state index contributed by atoms with van der Waals surface area (Å²) in [5, 5.41) is 6.20. The third-order valence-electron chi connectivity index (χ3n) is 4.09. The molecule has 1 saturated heterocycles. The van der Waals surface area contributed by atoms with Crippen molar-refractivity contribution >= 4 is 0 Å². The van der Waals surface area contributed by atoms with Crippen LogP contribution in [-0.4, -0.2) is 31.3 Å². The molecule has 5 heteroatoms. The fourth-order valence-electron chi connectivity index (χ4n) is 3.14. The van der Waals surface area contributed by atoms with E-state index in [0.29, 0.717) is 6.42 Å². The molecule has 0 radical (unpaired) electrons. The van der Waals surface area contributed by atoms with Crippen LogP contribution in [0.5, 0.6) is 0 Å². The van der Waals surface area contributed by atoms with E-state index in [1.54, 1.807) is 0 Å². The van der Waals surface area contributed by atoms with Crippen molar-refractivity contribution in [3.63, 3.8) is 0 Å². The molecule has 100 valence electrons. The second-order valence-electron chi connectivity index (χ2n) is 5.92. The molecule has 2 unspecified atom stereocenters. The van der Waals surface area contributed by atoms with Crippen molar-refractivity contribution in [1.29, 1.82) is 0 Å². The Morgan fingerprint density at radius 2 is 1.94 bits per heavy atom. The largest absolute Gasteiger partial charge is 0.393 e. The number of rotatable bonds is 2. The highest BCUT2D eigenvalue weighted by Crippen LogP contribution is 2.47. The highest BCUT2D eigenvalue weighted by Gasteiger charge is 2.53. The summed E-state index contributed by atoms with van der Waals surface area (Å²) in [6.07, 6.45) is -2.23. The van der Waals surface area contributed by atoms with Gasteiger partial charge in [-0.05, 0) is 24.7 Å².